The van der Waals surface area contributed by atoms with Gasteiger partial charge in [0.05, 0.1) is 11.3 Å². The van der Waals surface area contributed by atoms with Crippen molar-refractivity contribution in [1.29, 1.82) is 0 Å². The van der Waals surface area contributed by atoms with Gasteiger partial charge in [0.15, 0.2) is 5.65 Å². The summed E-state index contributed by atoms with van der Waals surface area (Å²) in [5, 5.41) is 11.3. The van der Waals surface area contributed by atoms with Gasteiger partial charge in [0.25, 0.3) is 5.91 Å². The van der Waals surface area contributed by atoms with Crippen LogP contribution in [0.4, 0.5) is 5.69 Å². The second-order valence-corrected chi connectivity index (χ2v) is 8.78. The van der Waals surface area contributed by atoms with Crippen LogP contribution in [0.15, 0.2) is 77.8 Å². The average molecular weight is 458 g/mol. The first-order valence-corrected chi connectivity index (χ1v) is 11.9. The smallest absolute Gasteiger partial charge is 0.252 e. The predicted molar refractivity (Wildman–Crippen MR) is 129 cm³/mol. The Bertz CT molecular complexity index is 1320. The van der Waals surface area contributed by atoms with Gasteiger partial charge < -0.3 is 10.2 Å². The normalized spacial score (nSPS) is 12.7. The Morgan fingerprint density at radius 1 is 0.970 bits per heavy atom. The highest BCUT2D eigenvalue weighted by Gasteiger charge is 2.24. The van der Waals surface area contributed by atoms with E-state index in [1.54, 1.807) is 6.07 Å². The number of anilines is 1. The third kappa shape index (κ3) is 4.47. The van der Waals surface area contributed by atoms with Crippen LogP contribution in [0.5, 0.6) is 0 Å². The number of carbonyl (C=O) groups is 2. The minimum Gasteiger partial charge on any atom is -0.352 e. The van der Waals surface area contributed by atoms with E-state index in [4.69, 9.17) is 0 Å². The highest BCUT2D eigenvalue weighted by Crippen LogP contribution is 2.29. The van der Waals surface area contributed by atoms with Gasteiger partial charge in [-0.15, -0.1) is 22.0 Å². The Morgan fingerprint density at radius 2 is 1.79 bits per heavy atom. The molecule has 0 spiro atoms. The fraction of sp³-hybridized carbons (Fsp3) is 0.200. The van der Waals surface area contributed by atoms with Crippen molar-refractivity contribution in [2.45, 2.75) is 17.7 Å². The Morgan fingerprint density at radius 3 is 2.73 bits per heavy atom. The van der Waals surface area contributed by atoms with E-state index < -0.39 is 0 Å². The Hall–Kier alpha value is -3.65. The lowest BCUT2D eigenvalue weighted by atomic mass is 10.2. The van der Waals surface area contributed by atoms with Gasteiger partial charge >= 0.3 is 0 Å². The molecule has 3 heterocycles. The average Bonchev–Trinajstić information content (AvgIpc) is 3.47. The van der Waals surface area contributed by atoms with Crippen molar-refractivity contribution in [3.05, 3.63) is 89.9 Å². The molecule has 1 aliphatic rings. The maximum Gasteiger partial charge on any atom is 0.252 e. The number of hydrogen-bond acceptors (Lipinski definition) is 5. The largest absolute Gasteiger partial charge is 0.352 e. The van der Waals surface area contributed by atoms with Gasteiger partial charge in [-0.1, -0.05) is 36.4 Å². The first kappa shape index (κ1) is 21.2. The molecule has 0 atom stereocenters. The molecule has 0 saturated carbocycles. The fourth-order valence-corrected chi connectivity index (χ4v) is 4.97. The van der Waals surface area contributed by atoms with Crippen molar-refractivity contribution in [3.8, 4) is 0 Å². The lowest BCUT2D eigenvalue weighted by molar-refractivity contribution is -0.116. The van der Waals surface area contributed by atoms with Crippen LogP contribution in [0.2, 0.25) is 0 Å². The first-order valence-electron chi connectivity index (χ1n) is 10.9. The van der Waals surface area contributed by atoms with Gasteiger partial charge in [0, 0.05) is 36.3 Å². The van der Waals surface area contributed by atoms with Gasteiger partial charge in [0.1, 0.15) is 5.82 Å². The Kier molecular flexibility index (Phi) is 6.08. The number of para-hydroxylation sites is 1. The minimum absolute atomic E-state index is 0.0545. The van der Waals surface area contributed by atoms with Crippen LogP contribution in [-0.4, -0.2) is 45.3 Å². The van der Waals surface area contributed by atoms with Gasteiger partial charge in [-0.25, -0.2) is 0 Å². The third-order valence-electron chi connectivity index (χ3n) is 5.69. The minimum atomic E-state index is -0.161. The van der Waals surface area contributed by atoms with Crippen molar-refractivity contribution in [2.24, 2.45) is 0 Å². The van der Waals surface area contributed by atoms with E-state index in [1.807, 2.05) is 70.1 Å². The molecule has 8 heteroatoms. The molecule has 7 nitrogen and oxygen atoms in total. The molecule has 1 aliphatic heterocycles. The summed E-state index contributed by atoms with van der Waals surface area (Å²) >= 11 is 1.40. The number of benzene rings is 2. The third-order valence-corrected chi connectivity index (χ3v) is 6.75. The maximum absolute atomic E-state index is 12.9. The van der Waals surface area contributed by atoms with E-state index in [1.165, 1.54) is 17.3 Å². The van der Waals surface area contributed by atoms with Crippen molar-refractivity contribution < 1.29 is 9.59 Å². The van der Waals surface area contributed by atoms with E-state index in [0.29, 0.717) is 25.1 Å². The van der Waals surface area contributed by atoms with Crippen molar-refractivity contribution in [3.63, 3.8) is 0 Å². The molecule has 0 bridgehead atoms. The number of fused-ring (bicyclic) bond motifs is 2. The summed E-state index contributed by atoms with van der Waals surface area (Å²) < 4.78 is 1.91. The van der Waals surface area contributed by atoms with Crippen LogP contribution in [0.1, 0.15) is 21.7 Å². The zero-order chi connectivity index (χ0) is 22.6. The summed E-state index contributed by atoms with van der Waals surface area (Å²) in [5.74, 6) is 0.972. The van der Waals surface area contributed by atoms with E-state index in [0.717, 1.165) is 28.5 Å². The Balaban J connectivity index is 1.20. The van der Waals surface area contributed by atoms with Gasteiger partial charge in [-0.3, -0.25) is 14.0 Å². The zero-order valence-electron chi connectivity index (χ0n) is 18.0. The number of rotatable bonds is 7. The number of hydrogen-bond donors (Lipinski definition) is 1. The van der Waals surface area contributed by atoms with Gasteiger partial charge in [-0.05, 0) is 42.3 Å². The highest BCUT2D eigenvalue weighted by atomic mass is 32.2. The lowest BCUT2D eigenvalue weighted by Gasteiger charge is -2.17. The van der Waals surface area contributed by atoms with Gasteiger partial charge in [-0.2, -0.15) is 0 Å². The predicted octanol–water partition coefficient (Wildman–Crippen LogP) is 3.38. The molecule has 1 N–H and O–H groups in total. The van der Waals surface area contributed by atoms with Crippen LogP contribution < -0.4 is 10.2 Å². The second-order valence-electron chi connectivity index (χ2n) is 7.76. The highest BCUT2D eigenvalue weighted by molar-refractivity contribution is 8.00. The molecular weight excluding hydrogens is 434 g/mol. The van der Waals surface area contributed by atoms with E-state index in [-0.39, 0.29) is 17.6 Å². The van der Waals surface area contributed by atoms with Crippen molar-refractivity contribution >= 4 is 34.9 Å². The molecule has 0 saturated heterocycles. The summed E-state index contributed by atoms with van der Waals surface area (Å²) in [5.41, 5.74) is 3.56. The molecule has 0 fully saturated rings. The molecule has 166 valence electrons. The molecule has 0 unspecified atom stereocenters. The summed E-state index contributed by atoms with van der Waals surface area (Å²) in [6.07, 6.45) is 3.36. The second kappa shape index (κ2) is 9.46. The lowest BCUT2D eigenvalue weighted by Crippen LogP contribution is -2.30. The van der Waals surface area contributed by atoms with E-state index in [9.17, 15) is 9.59 Å². The molecule has 2 amide bonds. The molecule has 4 aromatic rings. The number of carbonyl (C=O) groups excluding carboxylic acids is 2. The summed E-state index contributed by atoms with van der Waals surface area (Å²) in [6.45, 7) is 1.15. The number of amides is 2. The Labute approximate surface area is 195 Å². The number of pyridine rings is 1. The molecule has 0 radical (unpaired) electrons. The molecular formula is C25H23N5O2S. The summed E-state index contributed by atoms with van der Waals surface area (Å²) in [4.78, 5) is 28.4. The SMILES string of the molecule is O=C(NCCc1nnc2ccccn12)c1ccccc1SCC(=O)N1CCc2ccccc21. The molecule has 2 aromatic carbocycles. The van der Waals surface area contributed by atoms with Crippen molar-refractivity contribution in [2.75, 3.05) is 23.7 Å². The molecule has 33 heavy (non-hydrogen) atoms. The van der Waals surface area contributed by atoms with Crippen LogP contribution in [0.25, 0.3) is 5.65 Å². The molecule has 2 aromatic heterocycles. The maximum atomic E-state index is 12.9. The van der Waals surface area contributed by atoms with Crippen LogP contribution in [-0.2, 0) is 17.6 Å². The number of aromatic nitrogens is 3. The van der Waals surface area contributed by atoms with Crippen LogP contribution >= 0.6 is 11.8 Å². The monoisotopic (exact) mass is 457 g/mol. The number of thioether (sulfide) groups is 1. The number of nitrogens with zero attached hydrogens (tertiary/aromatic N) is 4. The zero-order valence-corrected chi connectivity index (χ0v) is 18.8. The summed E-state index contributed by atoms with van der Waals surface area (Å²) in [7, 11) is 0. The van der Waals surface area contributed by atoms with E-state index in [2.05, 4.69) is 21.6 Å². The standard InChI is InChI=1S/C25H23N5O2S/c31-24(29-16-13-18-7-1-3-9-20(18)29)17-33-21-10-4-2-8-19(21)25(32)26-14-12-23-28-27-22-11-5-6-15-30(22)23/h1-11,15H,12-14,16-17H2,(H,26,32). The first-order chi connectivity index (χ1) is 16.2. The molecule has 0 aliphatic carbocycles. The topological polar surface area (TPSA) is 79.6 Å². The van der Waals surface area contributed by atoms with Crippen molar-refractivity contribution in [1.82, 2.24) is 19.9 Å². The number of nitrogens with one attached hydrogen (secondary N) is 1. The van der Waals surface area contributed by atoms with Crippen LogP contribution in [0.3, 0.4) is 0 Å². The summed E-state index contributed by atoms with van der Waals surface area (Å²) in [6, 6.07) is 21.2. The molecule has 5 rings (SSSR count). The van der Waals surface area contributed by atoms with E-state index >= 15 is 0 Å². The van der Waals surface area contributed by atoms with Gasteiger partial charge in [0.2, 0.25) is 5.91 Å². The fourth-order valence-electron chi connectivity index (χ4n) is 4.04. The quantitative estimate of drug-likeness (QED) is 0.431. The van der Waals surface area contributed by atoms with Crippen LogP contribution in [0, 0.1) is 0 Å².